The first kappa shape index (κ1) is 16.4. The van der Waals surface area contributed by atoms with Gasteiger partial charge in [0, 0.05) is 19.1 Å². The molecule has 0 unspecified atom stereocenters. The molecule has 1 heterocycles. The predicted molar refractivity (Wildman–Crippen MR) is 80.1 cm³/mol. The van der Waals surface area contributed by atoms with Gasteiger partial charge in [0.25, 0.3) is 0 Å². The molecule has 0 saturated heterocycles. The number of nitrogens with two attached hydrogens (primary N) is 1. The van der Waals surface area contributed by atoms with Gasteiger partial charge in [-0.05, 0) is 39.3 Å². The van der Waals surface area contributed by atoms with Crippen LogP contribution in [0.5, 0.6) is 0 Å². The van der Waals surface area contributed by atoms with Gasteiger partial charge in [-0.15, -0.1) is 0 Å². The van der Waals surface area contributed by atoms with Crippen molar-refractivity contribution in [3.63, 3.8) is 0 Å². The number of nitrogens with zero attached hydrogens (tertiary/aromatic N) is 5. The molecule has 0 aliphatic rings. The second-order valence-electron chi connectivity index (χ2n) is 4.56. The van der Waals surface area contributed by atoms with E-state index >= 15 is 0 Å². The molecule has 7 nitrogen and oxygen atoms in total. The number of hydrogen-bond acceptors (Lipinski definition) is 6. The number of rotatable bonds is 7. The highest BCUT2D eigenvalue weighted by Crippen LogP contribution is 2.18. The lowest BCUT2D eigenvalue weighted by Gasteiger charge is -2.26. The van der Waals surface area contributed by atoms with Crippen molar-refractivity contribution >= 4 is 29.4 Å². The van der Waals surface area contributed by atoms with E-state index in [1.54, 1.807) is 4.90 Å². The lowest BCUT2D eigenvalue weighted by atomic mass is 10.3. The summed E-state index contributed by atoms with van der Waals surface area (Å²) in [4.78, 5) is 27.4. The molecule has 0 aliphatic heterocycles. The number of anilines is 2. The maximum absolute atomic E-state index is 11.2. The zero-order valence-electron chi connectivity index (χ0n) is 12.3. The third-order valence-electron chi connectivity index (χ3n) is 2.84. The van der Waals surface area contributed by atoms with E-state index in [1.807, 2.05) is 32.6 Å². The van der Waals surface area contributed by atoms with Crippen LogP contribution < -0.4 is 15.5 Å². The normalized spacial score (nSPS) is 10.7. The monoisotopic (exact) mass is 300 g/mol. The van der Waals surface area contributed by atoms with E-state index in [4.69, 9.17) is 17.3 Å². The summed E-state index contributed by atoms with van der Waals surface area (Å²) in [6.45, 7) is 9.42. The fraction of sp³-hybridized carbons (Fsp3) is 0.667. The molecule has 1 aromatic heterocycles. The maximum Gasteiger partial charge on any atom is 0.237 e. The van der Waals surface area contributed by atoms with E-state index in [-0.39, 0.29) is 17.9 Å². The molecule has 2 N–H and O–H groups in total. The molecule has 1 aromatic rings. The quantitative estimate of drug-likeness (QED) is 0.810. The van der Waals surface area contributed by atoms with Crippen molar-refractivity contribution in [2.24, 2.45) is 5.73 Å². The Balaban J connectivity index is 3.18. The van der Waals surface area contributed by atoms with Crippen LogP contribution in [0, 0.1) is 0 Å². The fourth-order valence-electron chi connectivity index (χ4n) is 1.76. The first-order valence-corrected chi connectivity index (χ1v) is 6.98. The molecule has 0 spiro atoms. The zero-order valence-corrected chi connectivity index (χ0v) is 13.1. The van der Waals surface area contributed by atoms with Gasteiger partial charge in [0.1, 0.15) is 0 Å². The number of amides is 1. The standard InChI is InChI=1S/C12H21ClN6O/c1-5-18(6-2)11-15-10(13)16-12(17-11)19(8(3)4)7-9(14)20/h8H,5-7H2,1-4H3,(H2,14,20). The smallest absolute Gasteiger partial charge is 0.237 e. The van der Waals surface area contributed by atoms with Crippen LogP contribution in [-0.2, 0) is 4.79 Å². The van der Waals surface area contributed by atoms with Crippen molar-refractivity contribution in [2.45, 2.75) is 33.7 Å². The maximum atomic E-state index is 11.2. The van der Waals surface area contributed by atoms with Crippen molar-refractivity contribution < 1.29 is 4.79 Å². The van der Waals surface area contributed by atoms with Crippen LogP contribution in [0.25, 0.3) is 0 Å². The third-order valence-corrected chi connectivity index (χ3v) is 3.01. The summed E-state index contributed by atoms with van der Waals surface area (Å²) in [6.07, 6.45) is 0. The number of hydrogen-bond donors (Lipinski definition) is 1. The Morgan fingerprint density at radius 3 is 2.20 bits per heavy atom. The summed E-state index contributed by atoms with van der Waals surface area (Å²) in [7, 11) is 0. The van der Waals surface area contributed by atoms with Gasteiger partial charge in [-0.1, -0.05) is 0 Å². The molecule has 8 heteroatoms. The van der Waals surface area contributed by atoms with Crippen LogP contribution in [0.15, 0.2) is 0 Å². The SMILES string of the molecule is CCN(CC)c1nc(Cl)nc(N(CC(N)=O)C(C)C)n1. The van der Waals surface area contributed by atoms with Crippen LogP contribution in [0.4, 0.5) is 11.9 Å². The number of carbonyl (C=O) groups is 1. The zero-order chi connectivity index (χ0) is 15.3. The van der Waals surface area contributed by atoms with Gasteiger partial charge < -0.3 is 15.5 Å². The van der Waals surface area contributed by atoms with E-state index in [9.17, 15) is 4.79 Å². The first-order valence-electron chi connectivity index (χ1n) is 6.60. The molecule has 0 saturated carbocycles. The first-order chi connectivity index (χ1) is 9.38. The van der Waals surface area contributed by atoms with Gasteiger partial charge in [0.15, 0.2) is 0 Å². The van der Waals surface area contributed by atoms with Crippen molar-refractivity contribution in [2.75, 3.05) is 29.4 Å². The average molecular weight is 301 g/mol. The van der Waals surface area contributed by atoms with E-state index < -0.39 is 5.91 Å². The Kier molecular flexibility index (Phi) is 5.94. The Hall–Kier alpha value is -1.63. The molecule has 0 bridgehead atoms. The van der Waals surface area contributed by atoms with Crippen LogP contribution >= 0.6 is 11.6 Å². The number of aromatic nitrogens is 3. The van der Waals surface area contributed by atoms with Crippen molar-refractivity contribution in [3.05, 3.63) is 5.28 Å². The van der Waals surface area contributed by atoms with Gasteiger partial charge >= 0.3 is 0 Å². The predicted octanol–water partition coefficient (Wildman–Crippen LogP) is 1.07. The highest BCUT2D eigenvalue weighted by Gasteiger charge is 2.19. The van der Waals surface area contributed by atoms with Crippen LogP contribution in [-0.4, -0.2) is 46.5 Å². The van der Waals surface area contributed by atoms with E-state index in [0.717, 1.165) is 13.1 Å². The van der Waals surface area contributed by atoms with E-state index in [1.165, 1.54) is 0 Å². The topological polar surface area (TPSA) is 88.2 Å². The number of carbonyl (C=O) groups excluding carboxylic acids is 1. The number of halogens is 1. The lowest BCUT2D eigenvalue weighted by Crippen LogP contribution is -2.40. The second-order valence-corrected chi connectivity index (χ2v) is 4.90. The minimum absolute atomic E-state index is 0.0190. The third kappa shape index (κ3) is 4.19. The highest BCUT2D eigenvalue weighted by atomic mass is 35.5. The largest absolute Gasteiger partial charge is 0.368 e. The lowest BCUT2D eigenvalue weighted by molar-refractivity contribution is -0.116. The summed E-state index contributed by atoms with van der Waals surface area (Å²) in [5.41, 5.74) is 5.26. The van der Waals surface area contributed by atoms with E-state index in [2.05, 4.69) is 15.0 Å². The number of primary amides is 1. The minimum atomic E-state index is -0.445. The molecule has 0 aromatic carbocycles. The van der Waals surface area contributed by atoms with Crippen molar-refractivity contribution in [1.29, 1.82) is 0 Å². The Morgan fingerprint density at radius 1 is 1.20 bits per heavy atom. The summed E-state index contributed by atoms with van der Waals surface area (Å²) in [5.74, 6) is 0.417. The van der Waals surface area contributed by atoms with Crippen LogP contribution in [0.1, 0.15) is 27.7 Å². The molecule has 112 valence electrons. The van der Waals surface area contributed by atoms with E-state index in [0.29, 0.717) is 11.9 Å². The van der Waals surface area contributed by atoms with Crippen LogP contribution in [0.3, 0.4) is 0 Å². The second kappa shape index (κ2) is 7.23. The van der Waals surface area contributed by atoms with Gasteiger partial charge in [0.05, 0.1) is 6.54 Å². The average Bonchev–Trinajstić information content (AvgIpc) is 2.36. The Labute approximate surface area is 124 Å². The molecular formula is C12H21ClN6O. The highest BCUT2D eigenvalue weighted by molar-refractivity contribution is 6.28. The molecule has 1 amide bonds. The molecule has 0 radical (unpaired) electrons. The fourth-order valence-corrected chi connectivity index (χ4v) is 1.91. The van der Waals surface area contributed by atoms with Crippen molar-refractivity contribution in [1.82, 2.24) is 15.0 Å². The van der Waals surface area contributed by atoms with Crippen molar-refractivity contribution in [3.8, 4) is 0 Å². The van der Waals surface area contributed by atoms with Gasteiger partial charge in [-0.3, -0.25) is 4.79 Å². The Morgan fingerprint density at radius 2 is 1.75 bits per heavy atom. The molecule has 0 aliphatic carbocycles. The van der Waals surface area contributed by atoms with Crippen LogP contribution in [0.2, 0.25) is 5.28 Å². The molecule has 20 heavy (non-hydrogen) atoms. The Bertz CT molecular complexity index is 463. The molecular weight excluding hydrogens is 280 g/mol. The molecule has 0 fully saturated rings. The van der Waals surface area contributed by atoms with Gasteiger partial charge in [-0.25, -0.2) is 0 Å². The summed E-state index contributed by atoms with van der Waals surface area (Å²) < 4.78 is 0. The summed E-state index contributed by atoms with van der Waals surface area (Å²) in [5, 5.41) is 0.104. The minimum Gasteiger partial charge on any atom is -0.368 e. The summed E-state index contributed by atoms with van der Waals surface area (Å²) in [6, 6.07) is 0.0190. The van der Waals surface area contributed by atoms with Gasteiger partial charge in [0.2, 0.25) is 23.1 Å². The molecule has 0 atom stereocenters. The molecule has 1 rings (SSSR count). The van der Waals surface area contributed by atoms with Gasteiger partial charge in [-0.2, -0.15) is 15.0 Å². The summed E-state index contributed by atoms with van der Waals surface area (Å²) >= 11 is 5.96.